The quantitative estimate of drug-likeness (QED) is 0.638. The van der Waals surface area contributed by atoms with Crippen molar-refractivity contribution in [2.45, 2.75) is 44.3 Å². The number of hydrogen-bond acceptors (Lipinski definition) is 6. The second-order valence-corrected chi connectivity index (χ2v) is 5.79. The number of hydrogen-bond donors (Lipinski definition) is 1. The second-order valence-electron chi connectivity index (χ2n) is 5.79. The number of rotatable bonds is 2. The van der Waals surface area contributed by atoms with E-state index in [4.69, 9.17) is 10.5 Å². The highest BCUT2D eigenvalue weighted by molar-refractivity contribution is 5.20. The number of aromatic nitrogens is 2. The first kappa shape index (κ1) is 14.3. The lowest BCUT2D eigenvalue weighted by atomic mass is 9.90. The molecule has 8 heteroatoms. The molecule has 1 saturated carbocycles. The number of nitrogens with two attached hydrogens (primary N) is 1. The van der Waals surface area contributed by atoms with Crippen LogP contribution in [0.4, 0.5) is 5.82 Å². The Morgan fingerprint density at radius 1 is 1.29 bits per heavy atom. The number of fused-ring (bicyclic) bond motifs is 1. The molecule has 0 bridgehead atoms. The van der Waals surface area contributed by atoms with Crippen molar-refractivity contribution in [3.63, 3.8) is 0 Å². The van der Waals surface area contributed by atoms with Crippen molar-refractivity contribution >= 4 is 5.82 Å². The van der Waals surface area contributed by atoms with Gasteiger partial charge in [0.1, 0.15) is 12.8 Å². The predicted molar refractivity (Wildman–Crippen MR) is 76.2 cm³/mol. The number of imidazole rings is 1. The summed E-state index contributed by atoms with van der Waals surface area (Å²) in [5.74, 6) is -0.151. The summed E-state index contributed by atoms with van der Waals surface area (Å²) in [4.78, 5) is 16.6. The highest BCUT2D eigenvalue weighted by Gasteiger charge is 2.27. The zero-order valence-corrected chi connectivity index (χ0v) is 12.0. The minimum atomic E-state index is -0.485. The number of ether oxygens (including phenoxy) is 1. The first-order chi connectivity index (χ1) is 10.1. The van der Waals surface area contributed by atoms with E-state index in [-0.39, 0.29) is 5.82 Å². The predicted octanol–water partition coefficient (Wildman–Crippen LogP) is 0.756. The fraction of sp³-hybridized carbons (Fsp3) is 0.769. The molecule has 8 nitrogen and oxygen atoms in total. The molecule has 1 aromatic heterocycles. The third kappa shape index (κ3) is 3.16. The fourth-order valence-corrected chi connectivity index (χ4v) is 3.18. The van der Waals surface area contributed by atoms with Gasteiger partial charge in [-0.3, -0.25) is 9.47 Å². The van der Waals surface area contributed by atoms with Gasteiger partial charge in [0.25, 0.3) is 0 Å². The highest BCUT2D eigenvalue weighted by atomic mass is 16.6. The van der Waals surface area contributed by atoms with Gasteiger partial charge in [0.05, 0.1) is 0 Å². The van der Waals surface area contributed by atoms with Crippen molar-refractivity contribution in [3.8, 4) is 6.01 Å². The van der Waals surface area contributed by atoms with Crippen LogP contribution in [0.2, 0.25) is 0 Å². The lowest BCUT2D eigenvalue weighted by molar-refractivity contribution is -0.389. The molecule has 2 aliphatic rings. The second kappa shape index (κ2) is 5.98. The molecule has 0 spiro atoms. The van der Waals surface area contributed by atoms with Crippen molar-refractivity contribution in [2.24, 2.45) is 5.73 Å². The van der Waals surface area contributed by atoms with E-state index < -0.39 is 4.92 Å². The van der Waals surface area contributed by atoms with Crippen molar-refractivity contribution in [3.05, 3.63) is 16.3 Å². The molecule has 0 unspecified atom stereocenters. The van der Waals surface area contributed by atoms with Crippen LogP contribution in [0.25, 0.3) is 0 Å². The Balaban J connectivity index is 1.66. The summed E-state index contributed by atoms with van der Waals surface area (Å²) >= 11 is 0. The Hall–Kier alpha value is -1.67. The van der Waals surface area contributed by atoms with Gasteiger partial charge in [0.15, 0.2) is 0 Å². The summed E-state index contributed by atoms with van der Waals surface area (Å²) in [7, 11) is 0. The molecule has 21 heavy (non-hydrogen) atoms. The van der Waals surface area contributed by atoms with Gasteiger partial charge in [-0.05, 0) is 30.6 Å². The molecular weight excluding hydrogens is 274 g/mol. The Morgan fingerprint density at radius 2 is 2.05 bits per heavy atom. The number of nitrogens with zero attached hydrogens (tertiary/aromatic N) is 4. The fourth-order valence-electron chi connectivity index (χ4n) is 3.18. The first-order valence-electron chi connectivity index (χ1n) is 7.47. The van der Waals surface area contributed by atoms with Crippen LogP contribution in [-0.4, -0.2) is 51.2 Å². The lowest BCUT2D eigenvalue weighted by Gasteiger charge is -2.36. The first-order valence-corrected chi connectivity index (χ1v) is 7.47. The van der Waals surface area contributed by atoms with Gasteiger partial charge in [0.2, 0.25) is 0 Å². The van der Waals surface area contributed by atoms with E-state index in [1.54, 1.807) is 4.57 Å². The Kier molecular flexibility index (Phi) is 4.07. The van der Waals surface area contributed by atoms with E-state index in [1.165, 1.54) is 6.20 Å². The summed E-state index contributed by atoms with van der Waals surface area (Å²) < 4.78 is 7.32. The van der Waals surface area contributed by atoms with Crippen LogP contribution in [0, 0.1) is 10.1 Å². The van der Waals surface area contributed by atoms with Gasteiger partial charge >= 0.3 is 11.8 Å². The molecule has 1 fully saturated rings. The normalized spacial score (nSPS) is 27.3. The monoisotopic (exact) mass is 295 g/mol. The standard InChI is InChI=1S/C13H21N5O3/c14-10-1-3-11(4-2-10)16-5-6-17-9-12(18(19)20)15-13(17)21-8-7-16/h9-11H,1-8,14H2. The average Bonchev–Trinajstić information content (AvgIpc) is 2.83. The zero-order chi connectivity index (χ0) is 14.8. The molecule has 116 valence electrons. The van der Waals surface area contributed by atoms with E-state index in [0.29, 0.717) is 31.2 Å². The van der Waals surface area contributed by atoms with Crippen LogP contribution in [0.3, 0.4) is 0 Å². The van der Waals surface area contributed by atoms with Crippen LogP contribution in [0.5, 0.6) is 6.01 Å². The molecule has 1 aliphatic carbocycles. The van der Waals surface area contributed by atoms with Crippen molar-refractivity contribution in [2.75, 3.05) is 19.7 Å². The van der Waals surface area contributed by atoms with Gasteiger partial charge in [-0.25, -0.2) is 0 Å². The van der Waals surface area contributed by atoms with E-state index in [0.717, 1.165) is 38.8 Å². The summed E-state index contributed by atoms with van der Waals surface area (Å²) in [6.07, 6.45) is 5.85. The molecule has 0 amide bonds. The molecule has 2 heterocycles. The Bertz CT molecular complexity index is 510. The van der Waals surface area contributed by atoms with Gasteiger partial charge in [-0.15, -0.1) is 0 Å². The SMILES string of the molecule is NC1CCC(N2CCOc3nc([N+](=O)[O-])cn3CC2)CC1. The van der Waals surface area contributed by atoms with Crippen LogP contribution in [-0.2, 0) is 6.54 Å². The van der Waals surface area contributed by atoms with Crippen LogP contribution in [0.1, 0.15) is 25.7 Å². The maximum atomic E-state index is 10.8. The van der Waals surface area contributed by atoms with Crippen molar-refractivity contribution < 1.29 is 9.66 Å². The molecular formula is C13H21N5O3. The van der Waals surface area contributed by atoms with E-state index in [1.807, 2.05) is 0 Å². The minimum absolute atomic E-state index is 0.151. The van der Waals surface area contributed by atoms with E-state index >= 15 is 0 Å². The highest BCUT2D eigenvalue weighted by Crippen LogP contribution is 2.24. The smallest absolute Gasteiger partial charge is 0.414 e. The molecule has 0 atom stereocenters. The van der Waals surface area contributed by atoms with Crippen LogP contribution < -0.4 is 10.5 Å². The van der Waals surface area contributed by atoms with Gasteiger partial charge in [-0.1, -0.05) is 0 Å². The zero-order valence-electron chi connectivity index (χ0n) is 12.0. The topological polar surface area (TPSA) is 99.4 Å². The summed E-state index contributed by atoms with van der Waals surface area (Å²) in [5.41, 5.74) is 5.96. The van der Waals surface area contributed by atoms with E-state index in [9.17, 15) is 10.1 Å². The Labute approximate surface area is 123 Å². The van der Waals surface area contributed by atoms with Gasteiger partial charge in [0, 0.05) is 36.7 Å². The molecule has 0 radical (unpaired) electrons. The maximum Gasteiger partial charge on any atom is 0.414 e. The lowest BCUT2D eigenvalue weighted by Crippen LogP contribution is -2.44. The van der Waals surface area contributed by atoms with Crippen molar-refractivity contribution in [1.82, 2.24) is 14.5 Å². The van der Waals surface area contributed by atoms with Gasteiger partial charge in [-0.2, -0.15) is 0 Å². The van der Waals surface area contributed by atoms with Crippen molar-refractivity contribution in [1.29, 1.82) is 0 Å². The summed E-state index contributed by atoms with van der Waals surface area (Å²) in [6, 6.07) is 1.25. The molecule has 3 rings (SSSR count). The van der Waals surface area contributed by atoms with E-state index in [2.05, 4.69) is 9.88 Å². The summed E-state index contributed by atoms with van der Waals surface area (Å²) in [5, 5.41) is 10.8. The molecule has 0 saturated heterocycles. The third-order valence-corrected chi connectivity index (χ3v) is 4.41. The third-order valence-electron chi connectivity index (χ3n) is 4.41. The Morgan fingerprint density at radius 3 is 2.76 bits per heavy atom. The van der Waals surface area contributed by atoms with Crippen LogP contribution in [0.15, 0.2) is 6.20 Å². The van der Waals surface area contributed by atoms with Crippen LogP contribution >= 0.6 is 0 Å². The molecule has 1 aliphatic heterocycles. The average molecular weight is 295 g/mol. The maximum absolute atomic E-state index is 10.8. The largest absolute Gasteiger partial charge is 0.444 e. The summed E-state index contributed by atoms with van der Waals surface area (Å²) in [6.45, 7) is 2.87. The molecule has 2 N–H and O–H groups in total. The minimum Gasteiger partial charge on any atom is -0.444 e. The number of nitro groups is 1. The molecule has 0 aromatic carbocycles. The van der Waals surface area contributed by atoms with Gasteiger partial charge < -0.3 is 20.6 Å². The molecule has 1 aromatic rings.